The molecule has 2 saturated carbocycles. The average molecular weight is 636 g/mol. The van der Waals surface area contributed by atoms with Crippen LogP contribution in [-0.2, 0) is 15.6 Å². The smallest absolute Gasteiger partial charge is 0.136 e. The fraction of sp³-hybridized carbons (Fsp3) is 0.361. The van der Waals surface area contributed by atoms with Crippen molar-refractivity contribution in [2.24, 2.45) is 11.8 Å². The SMILES string of the molecule is CC1=CC=C(S(=O)C2C[C@H]3C(=O)CC(c4cccc(Cl)c4)C(Sc4ccc(C)cc4)[C@H]3CC2c2ccc(Cl)cc2)CC1. The maximum atomic E-state index is 14.3. The molecule has 0 saturated heterocycles. The summed E-state index contributed by atoms with van der Waals surface area (Å²) in [7, 11) is -1.17. The van der Waals surface area contributed by atoms with E-state index in [9.17, 15) is 9.00 Å². The Morgan fingerprint density at radius 3 is 2.24 bits per heavy atom. The van der Waals surface area contributed by atoms with E-state index in [2.05, 4.69) is 68.5 Å². The van der Waals surface area contributed by atoms with Gasteiger partial charge in [0.2, 0.25) is 0 Å². The molecule has 0 aromatic heterocycles. The molecule has 3 aliphatic rings. The number of carbonyl (C=O) groups excluding carboxylic acids is 1. The van der Waals surface area contributed by atoms with Crippen molar-refractivity contribution in [1.29, 1.82) is 0 Å². The summed E-state index contributed by atoms with van der Waals surface area (Å²) in [6.07, 6.45) is 7.89. The number of hydrogen-bond acceptors (Lipinski definition) is 3. The quantitative estimate of drug-likeness (QED) is 0.270. The first-order valence-electron chi connectivity index (χ1n) is 14.8. The Morgan fingerprint density at radius 2 is 1.55 bits per heavy atom. The molecule has 0 radical (unpaired) electrons. The molecule has 0 bridgehead atoms. The standard InChI is InChI=1S/C36H36Cl2O2S2/c1-22-6-14-28(15-7-22)41-36-31(25-4-3-5-27(38)18-25)20-34(39)32-21-35(42(40)29-16-8-23(2)9-17-29)30(19-33(32)36)24-10-12-26(37)13-11-24/h3-8,10-16,18,30-33,35-36H,9,17,19-21H2,1-2H3/t30?,31?,32-,33+,35?,36?,42?/m1/s1. The van der Waals surface area contributed by atoms with E-state index >= 15 is 0 Å². The molecule has 2 fully saturated rings. The first-order valence-corrected chi connectivity index (χ1v) is 17.7. The molecular formula is C36H36Cl2O2S2. The normalized spacial score (nSPS) is 28.4. The van der Waals surface area contributed by atoms with Crippen molar-refractivity contribution >= 4 is 51.5 Å². The van der Waals surface area contributed by atoms with Crippen LogP contribution >= 0.6 is 35.0 Å². The minimum Gasteiger partial charge on any atom is -0.299 e. The summed E-state index contributed by atoms with van der Waals surface area (Å²) in [4.78, 5) is 16.3. The van der Waals surface area contributed by atoms with Gasteiger partial charge in [-0.05, 0) is 98.9 Å². The maximum absolute atomic E-state index is 14.3. The third-order valence-corrected chi connectivity index (χ3v) is 13.3. The molecule has 5 unspecified atom stereocenters. The minimum absolute atomic E-state index is 0.0610. The van der Waals surface area contributed by atoms with E-state index in [-0.39, 0.29) is 34.2 Å². The largest absolute Gasteiger partial charge is 0.299 e. The summed E-state index contributed by atoms with van der Waals surface area (Å²) >= 11 is 14.7. The Kier molecular flexibility index (Phi) is 9.17. The van der Waals surface area contributed by atoms with Crippen LogP contribution in [0.2, 0.25) is 10.0 Å². The molecule has 42 heavy (non-hydrogen) atoms. The number of halogens is 2. The highest BCUT2D eigenvalue weighted by Crippen LogP contribution is 2.55. The zero-order chi connectivity index (χ0) is 29.4. The second-order valence-electron chi connectivity index (χ2n) is 12.1. The molecule has 218 valence electrons. The van der Waals surface area contributed by atoms with E-state index in [4.69, 9.17) is 23.2 Å². The summed E-state index contributed by atoms with van der Waals surface area (Å²) in [5.74, 6) is 0.478. The Morgan fingerprint density at radius 1 is 0.786 bits per heavy atom. The van der Waals surface area contributed by atoms with Gasteiger partial charge in [0.05, 0.1) is 10.8 Å². The third-order valence-electron chi connectivity index (χ3n) is 9.35. The van der Waals surface area contributed by atoms with E-state index in [1.54, 1.807) is 0 Å². The van der Waals surface area contributed by atoms with E-state index < -0.39 is 10.8 Å². The average Bonchev–Trinajstić information content (AvgIpc) is 2.99. The van der Waals surface area contributed by atoms with Gasteiger partial charge in [-0.25, -0.2) is 0 Å². The number of rotatable bonds is 6. The Hall–Kier alpha value is -2.11. The highest BCUT2D eigenvalue weighted by Gasteiger charge is 2.51. The number of Topliss-reactive ketones (excluding diaryl/α,β-unsaturated/α-hetero) is 1. The molecule has 0 heterocycles. The molecule has 3 aliphatic carbocycles. The number of hydrogen-bond donors (Lipinski definition) is 0. The lowest BCUT2D eigenvalue weighted by Crippen LogP contribution is -2.49. The van der Waals surface area contributed by atoms with Crippen LogP contribution < -0.4 is 0 Å². The molecule has 3 aromatic rings. The molecule has 7 atom stereocenters. The second-order valence-corrected chi connectivity index (χ2v) is 16.0. The van der Waals surface area contributed by atoms with Crippen molar-refractivity contribution in [3.8, 4) is 0 Å². The lowest BCUT2D eigenvalue weighted by Gasteiger charge is -2.49. The first-order chi connectivity index (χ1) is 20.3. The molecule has 2 nitrogen and oxygen atoms in total. The van der Waals surface area contributed by atoms with E-state index in [1.165, 1.54) is 16.0 Å². The molecule has 6 rings (SSSR count). The van der Waals surface area contributed by atoms with Crippen LogP contribution in [0.15, 0.2) is 100 Å². The molecule has 3 aromatic carbocycles. The zero-order valence-electron chi connectivity index (χ0n) is 24.0. The van der Waals surface area contributed by atoms with Gasteiger partial charge in [-0.15, -0.1) is 11.8 Å². The van der Waals surface area contributed by atoms with Crippen molar-refractivity contribution in [1.82, 2.24) is 0 Å². The number of thioether (sulfide) groups is 1. The van der Waals surface area contributed by atoms with Gasteiger partial charge >= 0.3 is 0 Å². The van der Waals surface area contributed by atoms with Crippen molar-refractivity contribution in [3.63, 3.8) is 0 Å². The summed E-state index contributed by atoms with van der Waals surface area (Å²) in [5, 5.41) is 1.48. The number of carbonyl (C=O) groups is 1. The van der Waals surface area contributed by atoms with Gasteiger partial charge < -0.3 is 0 Å². The Balaban J connectivity index is 1.40. The highest BCUT2D eigenvalue weighted by atomic mass is 35.5. The van der Waals surface area contributed by atoms with Crippen LogP contribution in [0.5, 0.6) is 0 Å². The second kappa shape index (κ2) is 12.9. The van der Waals surface area contributed by atoms with E-state index in [1.807, 2.05) is 42.1 Å². The van der Waals surface area contributed by atoms with Gasteiger partial charge in [0, 0.05) is 48.6 Å². The van der Waals surface area contributed by atoms with Crippen LogP contribution in [0.3, 0.4) is 0 Å². The van der Waals surface area contributed by atoms with Crippen LogP contribution in [0.1, 0.15) is 67.6 Å². The number of aryl methyl sites for hydroxylation is 1. The molecule has 6 heteroatoms. The first kappa shape index (κ1) is 29.9. The van der Waals surface area contributed by atoms with Crippen molar-refractivity contribution in [3.05, 3.63) is 122 Å². The summed E-state index contributed by atoms with van der Waals surface area (Å²) < 4.78 is 14.3. The van der Waals surface area contributed by atoms with Crippen molar-refractivity contribution in [2.45, 2.75) is 73.2 Å². The summed E-state index contributed by atoms with van der Waals surface area (Å²) in [6, 6.07) is 24.8. The van der Waals surface area contributed by atoms with E-state index in [0.29, 0.717) is 28.7 Å². The number of allylic oxidation sites excluding steroid dienone is 4. The van der Waals surface area contributed by atoms with Gasteiger partial charge in [-0.3, -0.25) is 9.00 Å². The zero-order valence-corrected chi connectivity index (χ0v) is 27.1. The van der Waals surface area contributed by atoms with Gasteiger partial charge in [0.25, 0.3) is 0 Å². The molecule has 0 N–H and O–H groups in total. The summed E-state index contributed by atoms with van der Waals surface area (Å²) in [5.41, 5.74) is 4.84. The fourth-order valence-electron chi connectivity index (χ4n) is 7.08. The lowest BCUT2D eigenvalue weighted by atomic mass is 9.62. The number of ketones is 1. The molecular weight excluding hydrogens is 599 g/mol. The Labute approximate surface area is 266 Å². The summed E-state index contributed by atoms with van der Waals surface area (Å²) in [6.45, 7) is 4.23. The third kappa shape index (κ3) is 6.38. The van der Waals surface area contributed by atoms with Crippen LogP contribution in [-0.4, -0.2) is 20.5 Å². The number of fused-ring (bicyclic) bond motifs is 1. The fourth-order valence-corrected chi connectivity index (χ4v) is 10.8. The van der Waals surface area contributed by atoms with Crippen molar-refractivity contribution < 1.29 is 9.00 Å². The minimum atomic E-state index is -1.17. The molecule has 0 aliphatic heterocycles. The maximum Gasteiger partial charge on any atom is 0.136 e. The van der Waals surface area contributed by atoms with Gasteiger partial charge in [-0.2, -0.15) is 0 Å². The Bertz CT molecular complexity index is 1540. The molecule has 0 amide bonds. The van der Waals surface area contributed by atoms with Crippen LogP contribution in [0.25, 0.3) is 0 Å². The van der Waals surface area contributed by atoms with Crippen LogP contribution in [0.4, 0.5) is 0 Å². The van der Waals surface area contributed by atoms with Gasteiger partial charge in [0.1, 0.15) is 5.78 Å². The van der Waals surface area contributed by atoms with Gasteiger partial charge in [-0.1, -0.05) is 82.9 Å². The molecule has 0 spiro atoms. The monoisotopic (exact) mass is 634 g/mol. The van der Waals surface area contributed by atoms with Crippen molar-refractivity contribution in [2.75, 3.05) is 0 Å². The number of benzene rings is 3. The predicted octanol–water partition coefficient (Wildman–Crippen LogP) is 10.1. The van der Waals surface area contributed by atoms with Gasteiger partial charge in [0.15, 0.2) is 0 Å². The highest BCUT2D eigenvalue weighted by molar-refractivity contribution is 8.00. The predicted molar refractivity (Wildman–Crippen MR) is 178 cm³/mol. The lowest BCUT2D eigenvalue weighted by molar-refractivity contribution is -0.128. The topological polar surface area (TPSA) is 34.1 Å². The van der Waals surface area contributed by atoms with E-state index in [0.717, 1.165) is 35.3 Å². The van der Waals surface area contributed by atoms with Crippen LogP contribution in [0, 0.1) is 18.8 Å².